The van der Waals surface area contributed by atoms with Crippen LogP contribution in [0.2, 0.25) is 0 Å². The maximum atomic E-state index is 12.5. The SMILES string of the molecule is CCC(CC(=O)/C(C=O)=C/NC1=CC=CCC1C)c1ccccc1. The molecular formula is C21H25NO2. The van der Waals surface area contributed by atoms with Crippen LogP contribution in [-0.2, 0) is 9.59 Å². The standard InChI is InChI=1S/C21H25NO2/c1-3-17(18-10-5-4-6-11-18)13-21(24)19(15-23)14-22-20-12-8-7-9-16(20)2/h4-8,10-12,14-17,22H,3,9,13H2,1-2H3/b19-14+. The summed E-state index contributed by atoms with van der Waals surface area (Å²) >= 11 is 0. The second kappa shape index (κ2) is 9.02. The Morgan fingerprint density at radius 3 is 2.71 bits per heavy atom. The van der Waals surface area contributed by atoms with Crippen LogP contribution in [0.5, 0.6) is 0 Å². The number of aldehydes is 1. The molecule has 1 aromatic carbocycles. The Morgan fingerprint density at radius 1 is 1.33 bits per heavy atom. The molecule has 2 rings (SSSR count). The molecule has 1 aliphatic rings. The lowest BCUT2D eigenvalue weighted by Crippen LogP contribution is -2.18. The minimum Gasteiger partial charge on any atom is -0.364 e. The maximum absolute atomic E-state index is 12.5. The van der Waals surface area contributed by atoms with Crippen LogP contribution in [-0.4, -0.2) is 12.1 Å². The first-order chi connectivity index (χ1) is 11.7. The summed E-state index contributed by atoms with van der Waals surface area (Å²) in [5.41, 5.74) is 2.37. The van der Waals surface area contributed by atoms with Crippen molar-refractivity contribution in [1.29, 1.82) is 0 Å². The molecule has 1 aliphatic carbocycles. The fraction of sp³-hybridized carbons (Fsp3) is 0.333. The molecule has 126 valence electrons. The van der Waals surface area contributed by atoms with E-state index >= 15 is 0 Å². The molecule has 0 spiro atoms. The number of allylic oxidation sites excluding steroid dienone is 5. The molecule has 0 radical (unpaired) electrons. The zero-order valence-electron chi connectivity index (χ0n) is 14.4. The number of ketones is 1. The molecule has 2 unspecified atom stereocenters. The third kappa shape index (κ3) is 4.79. The summed E-state index contributed by atoms with van der Waals surface area (Å²) in [6.45, 7) is 4.18. The number of carbonyl (C=O) groups excluding carboxylic acids is 2. The van der Waals surface area contributed by atoms with Crippen molar-refractivity contribution in [2.24, 2.45) is 5.92 Å². The topological polar surface area (TPSA) is 46.2 Å². The molecule has 0 bridgehead atoms. The maximum Gasteiger partial charge on any atom is 0.168 e. The molecule has 0 heterocycles. The Kier molecular flexibility index (Phi) is 6.74. The van der Waals surface area contributed by atoms with E-state index < -0.39 is 0 Å². The van der Waals surface area contributed by atoms with E-state index in [9.17, 15) is 9.59 Å². The van der Waals surface area contributed by atoms with Gasteiger partial charge >= 0.3 is 0 Å². The summed E-state index contributed by atoms with van der Waals surface area (Å²) in [6, 6.07) is 9.98. The lowest BCUT2D eigenvalue weighted by molar-refractivity contribution is -0.118. The molecule has 1 N–H and O–H groups in total. The highest BCUT2D eigenvalue weighted by Crippen LogP contribution is 2.24. The van der Waals surface area contributed by atoms with E-state index in [-0.39, 0.29) is 17.3 Å². The second-order valence-corrected chi connectivity index (χ2v) is 6.19. The summed E-state index contributed by atoms with van der Waals surface area (Å²) in [7, 11) is 0. The normalized spacial score (nSPS) is 18.7. The Balaban J connectivity index is 2.05. The van der Waals surface area contributed by atoms with Crippen molar-refractivity contribution in [3.63, 3.8) is 0 Å². The highest BCUT2D eigenvalue weighted by atomic mass is 16.1. The Morgan fingerprint density at radius 2 is 2.08 bits per heavy atom. The van der Waals surface area contributed by atoms with Crippen molar-refractivity contribution in [3.8, 4) is 0 Å². The van der Waals surface area contributed by atoms with E-state index in [0.29, 0.717) is 18.6 Å². The molecule has 0 fully saturated rings. The van der Waals surface area contributed by atoms with Gasteiger partial charge in [-0.25, -0.2) is 0 Å². The van der Waals surface area contributed by atoms with Crippen molar-refractivity contribution < 1.29 is 9.59 Å². The molecule has 0 aliphatic heterocycles. The first kappa shape index (κ1) is 17.9. The lowest BCUT2D eigenvalue weighted by atomic mass is 9.90. The predicted octanol–water partition coefficient (Wildman–Crippen LogP) is 4.29. The Bertz CT molecular complexity index is 656. The molecule has 2 atom stereocenters. The molecular weight excluding hydrogens is 298 g/mol. The van der Waals surface area contributed by atoms with E-state index in [1.54, 1.807) is 6.20 Å². The monoisotopic (exact) mass is 323 g/mol. The van der Waals surface area contributed by atoms with Crippen molar-refractivity contribution in [2.45, 2.75) is 39.0 Å². The van der Waals surface area contributed by atoms with E-state index in [4.69, 9.17) is 0 Å². The largest absolute Gasteiger partial charge is 0.364 e. The number of rotatable bonds is 8. The van der Waals surface area contributed by atoms with Gasteiger partial charge in [-0.1, -0.05) is 56.3 Å². The summed E-state index contributed by atoms with van der Waals surface area (Å²) in [6.07, 6.45) is 10.5. The van der Waals surface area contributed by atoms with E-state index in [2.05, 4.69) is 25.2 Å². The second-order valence-electron chi connectivity index (χ2n) is 6.19. The van der Waals surface area contributed by atoms with Gasteiger partial charge in [0.15, 0.2) is 12.1 Å². The minimum atomic E-state index is -0.118. The summed E-state index contributed by atoms with van der Waals surface area (Å²) in [4.78, 5) is 23.8. The summed E-state index contributed by atoms with van der Waals surface area (Å²) in [5, 5.41) is 3.13. The highest BCUT2D eigenvalue weighted by Gasteiger charge is 2.17. The number of benzene rings is 1. The van der Waals surface area contributed by atoms with Crippen LogP contribution in [0.1, 0.15) is 44.6 Å². The molecule has 1 aromatic rings. The number of hydrogen-bond donors (Lipinski definition) is 1. The quantitative estimate of drug-likeness (QED) is 0.336. The number of Topliss-reactive ketones (excluding diaryl/α,β-unsaturated/α-hetero) is 1. The summed E-state index contributed by atoms with van der Waals surface area (Å²) < 4.78 is 0. The third-order valence-electron chi connectivity index (χ3n) is 4.47. The number of nitrogens with one attached hydrogen (secondary N) is 1. The van der Waals surface area contributed by atoms with Crippen molar-refractivity contribution in [2.75, 3.05) is 0 Å². The van der Waals surface area contributed by atoms with E-state index in [1.165, 1.54) is 0 Å². The fourth-order valence-electron chi connectivity index (χ4n) is 2.84. The van der Waals surface area contributed by atoms with Crippen LogP contribution < -0.4 is 5.32 Å². The molecule has 0 saturated carbocycles. The van der Waals surface area contributed by atoms with Crippen LogP contribution in [0.25, 0.3) is 0 Å². The molecule has 24 heavy (non-hydrogen) atoms. The van der Waals surface area contributed by atoms with Gasteiger partial charge in [0, 0.05) is 18.3 Å². The van der Waals surface area contributed by atoms with Crippen molar-refractivity contribution in [3.05, 3.63) is 71.6 Å². The van der Waals surface area contributed by atoms with Crippen LogP contribution in [0.4, 0.5) is 0 Å². The van der Waals surface area contributed by atoms with Gasteiger partial charge < -0.3 is 5.32 Å². The molecule has 0 saturated heterocycles. The highest BCUT2D eigenvalue weighted by molar-refractivity contribution is 6.11. The van der Waals surface area contributed by atoms with Crippen LogP contribution in [0.15, 0.2) is 66.0 Å². The fourth-order valence-corrected chi connectivity index (χ4v) is 2.84. The van der Waals surface area contributed by atoms with Crippen LogP contribution in [0.3, 0.4) is 0 Å². The van der Waals surface area contributed by atoms with Gasteiger partial charge in [0.05, 0.1) is 5.57 Å². The lowest BCUT2D eigenvalue weighted by Gasteiger charge is -2.17. The molecule has 0 aromatic heterocycles. The van der Waals surface area contributed by atoms with Gasteiger partial charge in [-0.2, -0.15) is 0 Å². The molecule has 3 nitrogen and oxygen atoms in total. The molecule has 3 heteroatoms. The summed E-state index contributed by atoms with van der Waals surface area (Å²) in [5.74, 6) is 0.382. The van der Waals surface area contributed by atoms with Crippen LogP contribution in [0, 0.1) is 5.92 Å². The van der Waals surface area contributed by atoms with Gasteiger partial charge in [0.2, 0.25) is 0 Å². The van der Waals surface area contributed by atoms with Gasteiger partial charge in [0.1, 0.15) is 0 Å². The van der Waals surface area contributed by atoms with Gasteiger partial charge in [0.25, 0.3) is 0 Å². The average Bonchev–Trinajstić information content (AvgIpc) is 2.62. The number of carbonyl (C=O) groups is 2. The third-order valence-corrected chi connectivity index (χ3v) is 4.47. The predicted molar refractivity (Wildman–Crippen MR) is 97.4 cm³/mol. The van der Waals surface area contributed by atoms with Crippen molar-refractivity contribution >= 4 is 12.1 Å². The van der Waals surface area contributed by atoms with E-state index in [1.807, 2.05) is 42.5 Å². The Labute approximate surface area is 144 Å². The van der Waals surface area contributed by atoms with Crippen molar-refractivity contribution in [1.82, 2.24) is 5.32 Å². The first-order valence-electron chi connectivity index (χ1n) is 8.52. The number of hydrogen-bond acceptors (Lipinski definition) is 3. The zero-order chi connectivity index (χ0) is 17.4. The smallest absolute Gasteiger partial charge is 0.168 e. The van der Waals surface area contributed by atoms with E-state index in [0.717, 1.165) is 24.1 Å². The van der Waals surface area contributed by atoms with Gasteiger partial charge in [-0.3, -0.25) is 9.59 Å². The van der Waals surface area contributed by atoms with Gasteiger partial charge in [-0.15, -0.1) is 0 Å². The first-order valence-corrected chi connectivity index (χ1v) is 8.52. The van der Waals surface area contributed by atoms with Crippen LogP contribution >= 0.6 is 0 Å². The average molecular weight is 323 g/mol. The molecule has 0 amide bonds. The minimum absolute atomic E-state index is 0.118. The zero-order valence-corrected chi connectivity index (χ0v) is 14.4. The Hall–Kier alpha value is -2.42. The van der Waals surface area contributed by atoms with Gasteiger partial charge in [-0.05, 0) is 36.3 Å².